The van der Waals surface area contributed by atoms with Crippen LogP contribution in [0, 0.1) is 0 Å². The monoisotopic (exact) mass is 622 g/mol. The Morgan fingerprint density at radius 2 is 1.66 bits per heavy atom. The van der Waals surface area contributed by atoms with Crippen molar-refractivity contribution in [3.63, 3.8) is 0 Å². The minimum atomic E-state index is -0.493. The third-order valence-electron chi connectivity index (χ3n) is 6.51. The lowest BCUT2D eigenvalue weighted by Crippen LogP contribution is -2.30. The number of amides is 3. The maximum atomic E-state index is 13.5. The number of carbonyl (C=O) groups is 3. The van der Waals surface area contributed by atoms with Crippen LogP contribution in [0.1, 0.15) is 29.3 Å². The van der Waals surface area contributed by atoms with Crippen molar-refractivity contribution in [2.45, 2.75) is 23.5 Å². The van der Waals surface area contributed by atoms with Crippen LogP contribution < -0.4 is 20.7 Å². The normalized spacial score (nSPS) is 11.9. The van der Waals surface area contributed by atoms with E-state index in [2.05, 4.69) is 20.9 Å². The molecule has 5 rings (SSSR count). The van der Waals surface area contributed by atoms with Crippen molar-refractivity contribution in [1.29, 1.82) is 0 Å². The van der Waals surface area contributed by atoms with Crippen molar-refractivity contribution in [3.8, 4) is 5.75 Å². The first-order valence-electron chi connectivity index (χ1n) is 13.9. The molecule has 0 aliphatic carbocycles. The summed E-state index contributed by atoms with van der Waals surface area (Å²) < 4.78 is 6.23. The Hall–Kier alpha value is -4.93. The molecule has 0 aliphatic heterocycles. The maximum absolute atomic E-state index is 13.5. The third-order valence-corrected chi connectivity index (χ3v) is 8.82. The van der Waals surface area contributed by atoms with Gasteiger partial charge in [-0.05, 0) is 72.7 Å². The van der Waals surface area contributed by atoms with Crippen molar-refractivity contribution < 1.29 is 19.1 Å². The summed E-state index contributed by atoms with van der Waals surface area (Å²) in [5.41, 5.74) is 2.57. The fraction of sp³-hybridized carbons (Fsp3) is 0.118. The lowest BCUT2D eigenvalue weighted by atomic mass is 10.1. The first kappa shape index (κ1) is 30.5. The van der Waals surface area contributed by atoms with Gasteiger partial charge in [-0.2, -0.15) is 0 Å². The van der Waals surface area contributed by atoms with E-state index in [0.717, 1.165) is 15.1 Å². The molecule has 3 N–H and O–H groups in total. The summed E-state index contributed by atoms with van der Waals surface area (Å²) in [6.45, 7) is 1.95. The molecule has 0 aliphatic rings. The van der Waals surface area contributed by atoms with E-state index >= 15 is 0 Å². The van der Waals surface area contributed by atoms with E-state index in [0.29, 0.717) is 34.1 Å². The number of nitrogens with zero attached hydrogens (tertiary/aromatic N) is 1. The van der Waals surface area contributed by atoms with Crippen molar-refractivity contribution in [2.24, 2.45) is 0 Å². The van der Waals surface area contributed by atoms with E-state index in [1.165, 1.54) is 23.1 Å². The molecular weight excluding hydrogens is 593 g/mol. The molecule has 0 saturated heterocycles. The predicted molar refractivity (Wildman–Crippen MR) is 178 cm³/mol. The van der Waals surface area contributed by atoms with Crippen LogP contribution in [0.4, 0.5) is 10.8 Å². The number of methoxy groups -OCH3 is 1. The number of thioether (sulfide) groups is 1. The van der Waals surface area contributed by atoms with Gasteiger partial charge in [-0.25, -0.2) is 4.98 Å². The Labute approximate surface area is 263 Å². The van der Waals surface area contributed by atoms with E-state index in [1.807, 2.05) is 49.4 Å². The molecule has 1 heterocycles. The average molecular weight is 623 g/mol. The Bertz CT molecular complexity index is 1770. The molecule has 0 spiro atoms. The van der Waals surface area contributed by atoms with E-state index in [1.54, 1.807) is 73.8 Å². The summed E-state index contributed by atoms with van der Waals surface area (Å²) in [5, 5.41) is 8.78. The average Bonchev–Trinajstić information content (AvgIpc) is 3.46. The van der Waals surface area contributed by atoms with Crippen LogP contribution in [-0.2, 0) is 9.59 Å². The van der Waals surface area contributed by atoms with Gasteiger partial charge in [0.15, 0.2) is 5.13 Å². The molecule has 0 radical (unpaired) electrons. The quantitative estimate of drug-likeness (QED) is 0.106. The van der Waals surface area contributed by atoms with E-state index < -0.39 is 11.8 Å². The second-order valence-electron chi connectivity index (χ2n) is 9.62. The molecule has 1 atom stereocenters. The van der Waals surface area contributed by atoms with Crippen molar-refractivity contribution in [3.05, 3.63) is 120 Å². The fourth-order valence-electron chi connectivity index (χ4n) is 4.25. The molecule has 0 saturated carbocycles. The number of ether oxygens (including phenoxy) is 1. The summed E-state index contributed by atoms with van der Waals surface area (Å²) in [6, 6.07) is 30.8. The molecule has 4 aromatic carbocycles. The van der Waals surface area contributed by atoms with E-state index in [9.17, 15) is 14.4 Å². The van der Waals surface area contributed by atoms with Gasteiger partial charge in [-0.1, -0.05) is 66.8 Å². The number of nitrogens with one attached hydrogen (secondary N) is 3. The van der Waals surface area contributed by atoms with Crippen LogP contribution in [0.3, 0.4) is 0 Å². The van der Waals surface area contributed by atoms with Gasteiger partial charge in [-0.3, -0.25) is 14.4 Å². The summed E-state index contributed by atoms with van der Waals surface area (Å²) in [4.78, 5) is 44.9. The Kier molecular flexibility index (Phi) is 10.1. The molecule has 222 valence electrons. The molecule has 8 nitrogen and oxygen atoms in total. The number of fused-ring (bicyclic) bond motifs is 1. The molecule has 3 amide bonds. The van der Waals surface area contributed by atoms with Gasteiger partial charge in [-0.15, -0.1) is 11.8 Å². The largest absolute Gasteiger partial charge is 0.497 e. The summed E-state index contributed by atoms with van der Waals surface area (Å²) in [7, 11) is 1.58. The van der Waals surface area contributed by atoms with Gasteiger partial charge < -0.3 is 20.7 Å². The van der Waals surface area contributed by atoms with Crippen molar-refractivity contribution in [2.75, 3.05) is 17.7 Å². The number of anilines is 2. The predicted octanol–water partition coefficient (Wildman–Crippen LogP) is 7.22. The van der Waals surface area contributed by atoms with Gasteiger partial charge in [0.25, 0.3) is 11.8 Å². The molecule has 0 bridgehead atoms. The number of hydrogen-bond acceptors (Lipinski definition) is 7. The van der Waals surface area contributed by atoms with Gasteiger partial charge in [0.1, 0.15) is 11.4 Å². The molecule has 1 unspecified atom stereocenters. The molecule has 10 heteroatoms. The van der Waals surface area contributed by atoms with Crippen molar-refractivity contribution >= 4 is 67.9 Å². The Balaban J connectivity index is 1.30. The number of rotatable bonds is 11. The Morgan fingerprint density at radius 1 is 0.909 bits per heavy atom. The highest BCUT2D eigenvalue weighted by molar-refractivity contribution is 8.00. The molecule has 1 aromatic heterocycles. The molecular formula is C34H30N4O4S2. The van der Waals surface area contributed by atoms with Crippen LogP contribution in [0.5, 0.6) is 5.75 Å². The summed E-state index contributed by atoms with van der Waals surface area (Å²) in [5.74, 6) is -0.364. The minimum Gasteiger partial charge on any atom is -0.497 e. The number of para-hydroxylation sites is 1. The first-order valence-corrected chi connectivity index (χ1v) is 15.6. The molecule has 0 fully saturated rings. The summed E-state index contributed by atoms with van der Waals surface area (Å²) in [6.07, 6.45) is 2.20. The summed E-state index contributed by atoms with van der Waals surface area (Å²) >= 11 is 2.84. The first-order chi connectivity index (χ1) is 21.4. The smallest absolute Gasteiger partial charge is 0.272 e. The van der Waals surface area contributed by atoms with Gasteiger partial charge in [0.05, 0.1) is 22.6 Å². The Morgan fingerprint density at radius 3 is 2.39 bits per heavy atom. The number of aromatic nitrogens is 1. The van der Waals surface area contributed by atoms with E-state index in [-0.39, 0.29) is 16.9 Å². The molecule has 5 aromatic rings. The lowest BCUT2D eigenvalue weighted by molar-refractivity contribution is -0.116. The van der Waals surface area contributed by atoms with Crippen LogP contribution in [0.2, 0.25) is 0 Å². The topological polar surface area (TPSA) is 109 Å². The fourth-order valence-corrected chi connectivity index (χ4v) is 6.13. The van der Waals surface area contributed by atoms with Crippen LogP contribution in [0.15, 0.2) is 114 Å². The standard InChI is InChI=1S/C34H30N4O4S2/c1-3-29(33(41)38-34-37-27-14-7-8-15-30(27)44-34)43-26-13-9-12-24(21-26)35-32(40)28(20-22-16-18-25(42-2)19-17-22)36-31(39)23-10-5-4-6-11-23/h4-21,29H,3H2,1-2H3,(H,35,40)(H,36,39)(H,37,38,41)/b28-20+. The van der Waals surface area contributed by atoms with Crippen LogP contribution >= 0.6 is 23.1 Å². The maximum Gasteiger partial charge on any atom is 0.272 e. The number of benzene rings is 4. The second kappa shape index (κ2) is 14.5. The van der Waals surface area contributed by atoms with Crippen LogP contribution in [-0.4, -0.2) is 35.1 Å². The second-order valence-corrected chi connectivity index (χ2v) is 11.9. The SMILES string of the molecule is CCC(Sc1cccc(NC(=O)/C(=C\c2ccc(OC)cc2)NC(=O)c2ccccc2)c1)C(=O)Nc1nc2ccccc2s1. The van der Waals surface area contributed by atoms with Gasteiger partial charge >= 0.3 is 0 Å². The van der Waals surface area contributed by atoms with Gasteiger partial charge in [0, 0.05) is 16.1 Å². The zero-order valence-corrected chi connectivity index (χ0v) is 25.7. The highest BCUT2D eigenvalue weighted by Gasteiger charge is 2.20. The number of hydrogen-bond donors (Lipinski definition) is 3. The van der Waals surface area contributed by atoms with Gasteiger partial charge in [0.2, 0.25) is 5.91 Å². The number of thiazole rings is 1. The highest BCUT2D eigenvalue weighted by atomic mass is 32.2. The van der Waals surface area contributed by atoms with Crippen LogP contribution in [0.25, 0.3) is 16.3 Å². The van der Waals surface area contributed by atoms with Crippen molar-refractivity contribution in [1.82, 2.24) is 10.3 Å². The zero-order chi connectivity index (χ0) is 30.9. The third kappa shape index (κ3) is 7.91. The number of carbonyl (C=O) groups excluding carboxylic acids is 3. The lowest BCUT2D eigenvalue weighted by Gasteiger charge is -2.15. The zero-order valence-electron chi connectivity index (χ0n) is 24.1. The van der Waals surface area contributed by atoms with E-state index in [4.69, 9.17) is 4.74 Å². The molecule has 44 heavy (non-hydrogen) atoms. The minimum absolute atomic E-state index is 0.0729. The highest BCUT2D eigenvalue weighted by Crippen LogP contribution is 2.30.